The molecule has 3 rings (SSSR count). The zero-order valence-corrected chi connectivity index (χ0v) is 14.4. The van der Waals surface area contributed by atoms with Crippen LogP contribution in [-0.4, -0.2) is 25.8 Å². The summed E-state index contributed by atoms with van der Waals surface area (Å²) in [7, 11) is 2.70. The molecule has 0 radical (unpaired) electrons. The molecule has 0 saturated carbocycles. The lowest BCUT2D eigenvalue weighted by Crippen LogP contribution is -2.32. The number of anilines is 2. The Balaban J connectivity index is 2.00. The Labute approximate surface area is 151 Å². The van der Waals surface area contributed by atoms with Gasteiger partial charge in [0.05, 0.1) is 14.2 Å². The van der Waals surface area contributed by atoms with Crippen LogP contribution in [0.25, 0.3) is 0 Å². The summed E-state index contributed by atoms with van der Waals surface area (Å²) in [5.74, 6) is -1.08. The third-order valence-electron chi connectivity index (χ3n) is 3.82. The molecule has 1 aliphatic rings. The summed E-state index contributed by atoms with van der Waals surface area (Å²) >= 11 is 0. The lowest BCUT2D eigenvalue weighted by atomic mass is 10.0. The van der Waals surface area contributed by atoms with E-state index in [1.807, 2.05) is 36.4 Å². The fourth-order valence-corrected chi connectivity index (χ4v) is 2.61. The molecule has 6 heteroatoms. The summed E-state index contributed by atoms with van der Waals surface area (Å²) in [6.45, 7) is 0. The number of carbonyl (C=O) groups is 2. The van der Waals surface area contributed by atoms with Crippen molar-refractivity contribution in [2.75, 3.05) is 24.9 Å². The molecule has 0 unspecified atom stereocenters. The Bertz CT molecular complexity index is 811. The van der Waals surface area contributed by atoms with E-state index in [9.17, 15) is 9.59 Å². The van der Waals surface area contributed by atoms with Crippen LogP contribution in [0.4, 0.5) is 11.4 Å². The van der Waals surface area contributed by atoms with Gasteiger partial charge in [-0.05, 0) is 24.3 Å². The number of ketones is 2. The van der Waals surface area contributed by atoms with Crippen LogP contribution >= 0.6 is 0 Å². The predicted octanol–water partition coefficient (Wildman–Crippen LogP) is 3.08. The largest absolute Gasteiger partial charge is 0.491 e. The van der Waals surface area contributed by atoms with Crippen LogP contribution in [0.15, 0.2) is 83.6 Å². The third-order valence-corrected chi connectivity index (χ3v) is 3.82. The monoisotopic (exact) mass is 350 g/mol. The van der Waals surface area contributed by atoms with E-state index in [0.29, 0.717) is 11.4 Å². The van der Waals surface area contributed by atoms with Gasteiger partial charge in [0.25, 0.3) is 0 Å². The van der Waals surface area contributed by atoms with E-state index in [1.54, 1.807) is 24.3 Å². The van der Waals surface area contributed by atoms with Crippen molar-refractivity contribution < 1.29 is 19.1 Å². The van der Waals surface area contributed by atoms with Gasteiger partial charge < -0.3 is 20.1 Å². The lowest BCUT2D eigenvalue weighted by Gasteiger charge is -2.23. The van der Waals surface area contributed by atoms with Gasteiger partial charge in [0, 0.05) is 11.4 Å². The quantitative estimate of drug-likeness (QED) is 0.780. The first-order valence-electron chi connectivity index (χ1n) is 7.95. The second-order valence-electron chi connectivity index (χ2n) is 5.46. The molecule has 2 aromatic rings. The van der Waals surface area contributed by atoms with Crippen LogP contribution in [-0.2, 0) is 19.1 Å². The minimum atomic E-state index is -0.466. The molecule has 6 nitrogen and oxygen atoms in total. The lowest BCUT2D eigenvalue weighted by molar-refractivity contribution is -0.120. The van der Waals surface area contributed by atoms with E-state index in [1.165, 1.54) is 14.2 Å². The van der Waals surface area contributed by atoms with Crippen molar-refractivity contribution in [1.29, 1.82) is 0 Å². The highest BCUT2D eigenvalue weighted by Crippen LogP contribution is 2.28. The molecule has 0 bridgehead atoms. The van der Waals surface area contributed by atoms with Gasteiger partial charge in [-0.25, -0.2) is 0 Å². The van der Waals surface area contributed by atoms with Crippen molar-refractivity contribution in [3.63, 3.8) is 0 Å². The molecule has 2 N–H and O–H groups in total. The maximum absolute atomic E-state index is 12.9. The van der Waals surface area contributed by atoms with E-state index >= 15 is 0 Å². The van der Waals surface area contributed by atoms with E-state index < -0.39 is 11.6 Å². The summed E-state index contributed by atoms with van der Waals surface area (Å²) in [6, 6.07) is 18.1. The summed E-state index contributed by atoms with van der Waals surface area (Å²) < 4.78 is 10.5. The molecule has 0 saturated heterocycles. The molecule has 0 amide bonds. The summed E-state index contributed by atoms with van der Waals surface area (Å²) in [6.07, 6.45) is 0. The van der Waals surface area contributed by atoms with E-state index in [-0.39, 0.29) is 22.9 Å². The number of hydrogen-bond donors (Lipinski definition) is 2. The summed E-state index contributed by atoms with van der Waals surface area (Å²) in [4.78, 5) is 25.8. The van der Waals surface area contributed by atoms with Crippen LogP contribution in [0.2, 0.25) is 0 Å². The molecule has 26 heavy (non-hydrogen) atoms. The number of hydrogen-bond acceptors (Lipinski definition) is 6. The summed E-state index contributed by atoms with van der Waals surface area (Å²) in [5, 5.41) is 5.91. The minimum Gasteiger partial charge on any atom is -0.491 e. The Hall–Kier alpha value is -3.54. The van der Waals surface area contributed by atoms with Crippen LogP contribution in [0.5, 0.6) is 0 Å². The topological polar surface area (TPSA) is 76.7 Å². The zero-order valence-electron chi connectivity index (χ0n) is 14.4. The molecular weight excluding hydrogens is 332 g/mol. The highest BCUT2D eigenvalue weighted by atomic mass is 16.5. The first kappa shape index (κ1) is 17.3. The van der Waals surface area contributed by atoms with Gasteiger partial charge >= 0.3 is 0 Å². The van der Waals surface area contributed by atoms with E-state index in [4.69, 9.17) is 9.47 Å². The fourth-order valence-electron chi connectivity index (χ4n) is 2.61. The number of ether oxygens (including phenoxy) is 2. The summed E-state index contributed by atoms with van der Waals surface area (Å²) in [5.41, 5.74) is 1.40. The molecule has 132 valence electrons. The van der Waals surface area contributed by atoms with Gasteiger partial charge in [0.2, 0.25) is 11.6 Å². The molecule has 0 fully saturated rings. The van der Waals surface area contributed by atoms with Crippen molar-refractivity contribution in [3.05, 3.63) is 83.6 Å². The highest BCUT2D eigenvalue weighted by Gasteiger charge is 2.37. The Morgan fingerprint density at radius 1 is 0.615 bits per heavy atom. The van der Waals surface area contributed by atoms with Crippen molar-refractivity contribution in [2.24, 2.45) is 0 Å². The zero-order chi connectivity index (χ0) is 18.5. The van der Waals surface area contributed by atoms with Crippen LogP contribution < -0.4 is 10.6 Å². The van der Waals surface area contributed by atoms with Crippen LogP contribution in [0, 0.1) is 0 Å². The number of methoxy groups -OCH3 is 2. The molecule has 0 aromatic heterocycles. The van der Waals surface area contributed by atoms with E-state index in [2.05, 4.69) is 10.6 Å². The van der Waals surface area contributed by atoms with Gasteiger partial charge in [-0.2, -0.15) is 0 Å². The number of carbonyl (C=O) groups excluding carboxylic acids is 2. The number of para-hydroxylation sites is 2. The Kier molecular flexibility index (Phi) is 5.03. The van der Waals surface area contributed by atoms with Gasteiger partial charge in [0.15, 0.2) is 11.5 Å². The second kappa shape index (κ2) is 7.57. The molecule has 0 heterocycles. The van der Waals surface area contributed by atoms with Gasteiger partial charge in [-0.15, -0.1) is 0 Å². The minimum absolute atomic E-state index is 0.0409. The predicted molar refractivity (Wildman–Crippen MR) is 98.2 cm³/mol. The van der Waals surface area contributed by atoms with Crippen molar-refractivity contribution >= 4 is 22.9 Å². The Morgan fingerprint density at radius 3 is 1.27 bits per heavy atom. The van der Waals surface area contributed by atoms with Gasteiger partial charge in [0.1, 0.15) is 11.4 Å². The first-order chi connectivity index (χ1) is 12.7. The normalized spacial score (nSPS) is 14.4. The second-order valence-corrected chi connectivity index (χ2v) is 5.46. The number of nitrogens with one attached hydrogen (secondary N) is 2. The van der Waals surface area contributed by atoms with Crippen LogP contribution in [0.3, 0.4) is 0 Å². The van der Waals surface area contributed by atoms with Crippen molar-refractivity contribution in [3.8, 4) is 0 Å². The van der Waals surface area contributed by atoms with Gasteiger partial charge in [-0.3, -0.25) is 9.59 Å². The third kappa shape index (κ3) is 3.30. The van der Waals surface area contributed by atoms with E-state index in [0.717, 1.165) is 0 Å². The maximum Gasteiger partial charge on any atom is 0.249 e. The molecule has 1 aliphatic carbocycles. The number of rotatable bonds is 6. The molecule has 0 spiro atoms. The smallest absolute Gasteiger partial charge is 0.249 e. The highest BCUT2D eigenvalue weighted by molar-refractivity contribution is 6.25. The Morgan fingerprint density at radius 2 is 0.962 bits per heavy atom. The van der Waals surface area contributed by atoms with Crippen LogP contribution in [0.1, 0.15) is 0 Å². The first-order valence-corrected chi connectivity index (χ1v) is 7.95. The maximum atomic E-state index is 12.9. The van der Waals surface area contributed by atoms with Crippen molar-refractivity contribution in [1.82, 2.24) is 0 Å². The number of Topliss-reactive ketones (excluding diaryl/α,β-unsaturated/α-hetero) is 2. The standard InChI is InChI=1S/C20H18N2O4/c1-25-19-15(21-13-9-5-3-6-10-13)18(24)20(26-2)16(17(19)23)22-14-11-7-4-8-12-14/h3-12,21-22H,1-2H3. The molecule has 0 aliphatic heterocycles. The average molecular weight is 350 g/mol. The molecular formula is C20H18N2O4. The van der Waals surface area contributed by atoms with Gasteiger partial charge in [-0.1, -0.05) is 36.4 Å². The molecule has 0 atom stereocenters. The average Bonchev–Trinajstić information content (AvgIpc) is 2.68. The number of benzene rings is 2. The fraction of sp³-hybridized carbons (Fsp3) is 0.100. The SMILES string of the molecule is COC1=C(Nc2ccccc2)C(=O)C(OC)=C(Nc2ccccc2)C1=O. The molecule has 2 aromatic carbocycles. The van der Waals surface area contributed by atoms with Crippen molar-refractivity contribution in [2.45, 2.75) is 0 Å².